The largest absolute Gasteiger partial charge is 0.497 e. The Morgan fingerprint density at radius 3 is 2.38 bits per heavy atom. The predicted octanol–water partition coefficient (Wildman–Crippen LogP) is 4.20. The van der Waals surface area contributed by atoms with Gasteiger partial charge in [0.25, 0.3) is 5.91 Å². The van der Waals surface area contributed by atoms with Gasteiger partial charge in [-0.1, -0.05) is 0 Å². The van der Waals surface area contributed by atoms with Gasteiger partial charge in [-0.25, -0.2) is 4.98 Å². The summed E-state index contributed by atoms with van der Waals surface area (Å²) in [5, 5.41) is 7.86. The summed E-state index contributed by atoms with van der Waals surface area (Å²) in [7, 11) is 1.61. The molecule has 2 amide bonds. The van der Waals surface area contributed by atoms with Crippen molar-refractivity contribution in [3.8, 4) is 11.5 Å². The SMILES string of the molecule is COc1ccc(OCCCC(=O)Nc2ccc(C(=O)Nc3nccs3)cc2)cc1. The van der Waals surface area contributed by atoms with Crippen LogP contribution in [0.25, 0.3) is 0 Å². The van der Waals surface area contributed by atoms with Crippen LogP contribution < -0.4 is 20.1 Å². The van der Waals surface area contributed by atoms with Crippen LogP contribution in [0.2, 0.25) is 0 Å². The first-order chi connectivity index (χ1) is 14.1. The molecule has 0 saturated carbocycles. The fraction of sp³-hybridized carbons (Fsp3) is 0.190. The van der Waals surface area contributed by atoms with Crippen molar-refractivity contribution in [3.05, 3.63) is 65.7 Å². The molecular formula is C21H21N3O4S. The van der Waals surface area contributed by atoms with Crippen molar-refractivity contribution in [1.82, 2.24) is 4.98 Å². The number of carbonyl (C=O) groups is 2. The van der Waals surface area contributed by atoms with E-state index in [1.54, 1.807) is 43.0 Å². The quantitative estimate of drug-likeness (QED) is 0.515. The molecule has 1 heterocycles. The van der Waals surface area contributed by atoms with Crippen molar-refractivity contribution in [2.24, 2.45) is 0 Å². The van der Waals surface area contributed by atoms with E-state index in [0.29, 0.717) is 35.8 Å². The molecule has 0 unspecified atom stereocenters. The summed E-state index contributed by atoms with van der Waals surface area (Å²) in [5.41, 5.74) is 1.13. The first-order valence-corrected chi connectivity index (χ1v) is 9.89. The van der Waals surface area contributed by atoms with Gasteiger partial charge in [-0.3, -0.25) is 14.9 Å². The van der Waals surface area contributed by atoms with Crippen LogP contribution in [0, 0.1) is 0 Å². The summed E-state index contributed by atoms with van der Waals surface area (Å²) < 4.78 is 10.7. The number of thiazole rings is 1. The number of hydrogen-bond donors (Lipinski definition) is 2. The minimum atomic E-state index is -0.242. The molecule has 2 N–H and O–H groups in total. The molecule has 0 atom stereocenters. The lowest BCUT2D eigenvalue weighted by Crippen LogP contribution is -2.14. The van der Waals surface area contributed by atoms with Gasteiger partial charge in [-0.05, 0) is 55.0 Å². The molecule has 0 bridgehead atoms. The molecule has 0 fully saturated rings. The molecule has 0 saturated heterocycles. The summed E-state index contributed by atoms with van der Waals surface area (Å²) in [6, 6.07) is 14.0. The van der Waals surface area contributed by atoms with Crippen LogP contribution in [-0.2, 0) is 4.79 Å². The number of ether oxygens (including phenoxy) is 2. The number of carbonyl (C=O) groups excluding carboxylic acids is 2. The monoisotopic (exact) mass is 411 g/mol. The van der Waals surface area contributed by atoms with Crippen LogP contribution in [0.15, 0.2) is 60.1 Å². The topological polar surface area (TPSA) is 89.5 Å². The van der Waals surface area contributed by atoms with E-state index in [0.717, 1.165) is 11.5 Å². The highest BCUT2D eigenvalue weighted by Crippen LogP contribution is 2.17. The van der Waals surface area contributed by atoms with Crippen LogP contribution in [0.3, 0.4) is 0 Å². The third-order valence-corrected chi connectivity index (χ3v) is 4.65. The van der Waals surface area contributed by atoms with Gasteiger partial charge >= 0.3 is 0 Å². The summed E-state index contributed by atoms with van der Waals surface area (Å²) in [4.78, 5) is 28.2. The van der Waals surface area contributed by atoms with Crippen molar-refractivity contribution < 1.29 is 19.1 Å². The number of methoxy groups -OCH3 is 1. The number of aromatic nitrogens is 1. The average Bonchev–Trinajstić information content (AvgIpc) is 3.25. The Kier molecular flexibility index (Phi) is 7.18. The lowest BCUT2D eigenvalue weighted by molar-refractivity contribution is -0.116. The second-order valence-electron chi connectivity index (χ2n) is 6.04. The molecule has 0 aliphatic heterocycles. The van der Waals surface area contributed by atoms with E-state index in [1.807, 2.05) is 24.3 Å². The molecule has 0 radical (unpaired) electrons. The number of amides is 2. The van der Waals surface area contributed by atoms with Crippen molar-refractivity contribution >= 4 is 34.0 Å². The molecular weight excluding hydrogens is 390 g/mol. The molecule has 0 spiro atoms. The summed E-state index contributed by atoms with van der Waals surface area (Å²) >= 11 is 1.35. The van der Waals surface area contributed by atoms with Gasteiger partial charge in [0.1, 0.15) is 11.5 Å². The second-order valence-corrected chi connectivity index (χ2v) is 6.94. The summed E-state index contributed by atoms with van der Waals surface area (Å²) in [6.45, 7) is 0.440. The maximum Gasteiger partial charge on any atom is 0.257 e. The Labute approximate surface area is 172 Å². The van der Waals surface area contributed by atoms with Gasteiger partial charge in [0, 0.05) is 29.2 Å². The third kappa shape index (κ3) is 6.32. The van der Waals surface area contributed by atoms with Crippen molar-refractivity contribution in [2.75, 3.05) is 24.4 Å². The van der Waals surface area contributed by atoms with Crippen LogP contribution in [0.1, 0.15) is 23.2 Å². The lowest BCUT2D eigenvalue weighted by atomic mass is 10.2. The summed E-state index contributed by atoms with van der Waals surface area (Å²) in [5.74, 6) is 1.15. The highest BCUT2D eigenvalue weighted by atomic mass is 32.1. The highest BCUT2D eigenvalue weighted by Gasteiger charge is 2.08. The van der Waals surface area contributed by atoms with Crippen molar-refractivity contribution in [1.29, 1.82) is 0 Å². The number of benzene rings is 2. The lowest BCUT2D eigenvalue weighted by Gasteiger charge is -2.08. The molecule has 0 aliphatic rings. The summed E-state index contributed by atoms with van der Waals surface area (Å²) in [6.07, 6.45) is 2.55. The van der Waals surface area contributed by atoms with E-state index in [4.69, 9.17) is 9.47 Å². The standard InChI is InChI=1S/C21H21N3O4S/c1-27-17-8-10-18(11-9-17)28-13-2-3-19(25)23-16-6-4-15(5-7-16)20(26)24-21-22-12-14-29-21/h4-12,14H,2-3,13H2,1H3,(H,23,25)(H,22,24,26). The molecule has 2 aromatic carbocycles. The van der Waals surface area contributed by atoms with E-state index in [9.17, 15) is 9.59 Å². The van der Waals surface area contributed by atoms with E-state index in [-0.39, 0.29) is 11.8 Å². The smallest absolute Gasteiger partial charge is 0.257 e. The van der Waals surface area contributed by atoms with Crippen LogP contribution in [-0.4, -0.2) is 30.5 Å². The van der Waals surface area contributed by atoms with Crippen LogP contribution in [0.4, 0.5) is 10.8 Å². The average molecular weight is 411 g/mol. The molecule has 150 valence electrons. The maximum absolute atomic E-state index is 12.1. The fourth-order valence-corrected chi connectivity index (χ4v) is 3.00. The Balaban J connectivity index is 1.39. The molecule has 29 heavy (non-hydrogen) atoms. The Morgan fingerprint density at radius 1 is 1.00 bits per heavy atom. The number of nitrogens with one attached hydrogen (secondary N) is 2. The second kappa shape index (κ2) is 10.2. The molecule has 8 heteroatoms. The minimum Gasteiger partial charge on any atom is -0.497 e. The zero-order valence-electron chi connectivity index (χ0n) is 15.9. The van der Waals surface area contributed by atoms with Gasteiger partial charge in [0.2, 0.25) is 5.91 Å². The number of anilines is 2. The molecule has 3 aromatic rings. The predicted molar refractivity (Wildman–Crippen MR) is 113 cm³/mol. The van der Waals surface area contributed by atoms with E-state index >= 15 is 0 Å². The normalized spacial score (nSPS) is 10.2. The zero-order valence-corrected chi connectivity index (χ0v) is 16.7. The highest BCUT2D eigenvalue weighted by molar-refractivity contribution is 7.13. The number of nitrogens with zero attached hydrogens (tertiary/aromatic N) is 1. The van der Waals surface area contributed by atoms with Gasteiger partial charge < -0.3 is 14.8 Å². The third-order valence-electron chi connectivity index (χ3n) is 3.96. The molecule has 7 nitrogen and oxygen atoms in total. The van der Waals surface area contributed by atoms with Crippen molar-refractivity contribution in [2.45, 2.75) is 12.8 Å². The van der Waals surface area contributed by atoms with E-state index < -0.39 is 0 Å². The first-order valence-electron chi connectivity index (χ1n) is 9.01. The molecule has 1 aromatic heterocycles. The molecule has 0 aliphatic carbocycles. The maximum atomic E-state index is 12.1. The number of hydrogen-bond acceptors (Lipinski definition) is 6. The zero-order chi connectivity index (χ0) is 20.5. The van der Waals surface area contributed by atoms with Gasteiger partial charge in [-0.2, -0.15) is 0 Å². The Bertz CT molecular complexity index is 926. The first kappa shape index (κ1) is 20.3. The van der Waals surface area contributed by atoms with E-state index in [2.05, 4.69) is 15.6 Å². The Morgan fingerprint density at radius 2 is 1.72 bits per heavy atom. The van der Waals surface area contributed by atoms with E-state index in [1.165, 1.54) is 11.3 Å². The van der Waals surface area contributed by atoms with Gasteiger partial charge in [0.15, 0.2) is 5.13 Å². The number of rotatable bonds is 9. The van der Waals surface area contributed by atoms with Crippen molar-refractivity contribution in [3.63, 3.8) is 0 Å². The Hall–Kier alpha value is -3.39. The fourth-order valence-electron chi connectivity index (χ4n) is 2.48. The van der Waals surface area contributed by atoms with Gasteiger partial charge in [-0.15, -0.1) is 11.3 Å². The minimum absolute atomic E-state index is 0.108. The van der Waals surface area contributed by atoms with Crippen LogP contribution >= 0.6 is 11.3 Å². The van der Waals surface area contributed by atoms with Crippen LogP contribution in [0.5, 0.6) is 11.5 Å². The van der Waals surface area contributed by atoms with Gasteiger partial charge in [0.05, 0.1) is 13.7 Å². The molecule has 3 rings (SSSR count).